The van der Waals surface area contributed by atoms with Crippen molar-refractivity contribution in [3.63, 3.8) is 0 Å². The normalized spacial score (nSPS) is 15.3. The predicted octanol–water partition coefficient (Wildman–Crippen LogP) is 2.26. The molecular weight excluding hydrogens is 276 g/mol. The minimum atomic E-state index is 0.0550. The standard InChI is InChI=1S/C17H20N4O/c1-11(22)21-8-7-15(19-2)14(10-21)17(18)13-9-20-16-6-4-3-5-12(13)16/h3-6,9,18-20H,7-8,10H2,1-2H3. The predicted molar refractivity (Wildman–Crippen MR) is 88.1 cm³/mol. The fourth-order valence-corrected chi connectivity index (χ4v) is 2.98. The molecule has 5 nitrogen and oxygen atoms in total. The number of carbonyl (C=O) groups excluding carboxylic acids is 1. The van der Waals surface area contributed by atoms with Gasteiger partial charge in [-0.05, 0) is 6.07 Å². The lowest BCUT2D eigenvalue weighted by molar-refractivity contribution is -0.128. The zero-order chi connectivity index (χ0) is 15.7. The maximum atomic E-state index is 11.7. The Bertz CT molecular complexity index is 772. The summed E-state index contributed by atoms with van der Waals surface area (Å²) < 4.78 is 0. The fraction of sp³-hybridized carbons (Fsp3) is 0.294. The van der Waals surface area contributed by atoms with Gasteiger partial charge in [-0.3, -0.25) is 10.2 Å². The third-order valence-corrected chi connectivity index (χ3v) is 4.25. The zero-order valence-corrected chi connectivity index (χ0v) is 12.9. The Labute approximate surface area is 129 Å². The molecule has 0 radical (unpaired) electrons. The number of para-hydroxylation sites is 1. The Balaban J connectivity index is 2.02. The number of carbonyl (C=O) groups is 1. The molecule has 0 bridgehead atoms. The number of nitrogens with one attached hydrogen (secondary N) is 3. The van der Waals surface area contributed by atoms with Crippen LogP contribution in [0.15, 0.2) is 41.7 Å². The van der Waals surface area contributed by atoms with Gasteiger partial charge in [0.25, 0.3) is 0 Å². The summed E-state index contributed by atoms with van der Waals surface area (Å²) in [6, 6.07) is 7.97. The van der Waals surface area contributed by atoms with E-state index >= 15 is 0 Å². The molecule has 2 aromatic rings. The first kappa shape index (κ1) is 14.4. The van der Waals surface area contributed by atoms with E-state index in [9.17, 15) is 4.79 Å². The van der Waals surface area contributed by atoms with Gasteiger partial charge in [0.2, 0.25) is 5.91 Å². The van der Waals surface area contributed by atoms with Crippen LogP contribution in [0.25, 0.3) is 10.9 Å². The molecule has 0 saturated carbocycles. The van der Waals surface area contributed by atoms with Crippen molar-refractivity contribution in [1.82, 2.24) is 15.2 Å². The van der Waals surface area contributed by atoms with E-state index in [0.717, 1.165) is 34.2 Å². The highest BCUT2D eigenvalue weighted by atomic mass is 16.2. The molecule has 1 amide bonds. The van der Waals surface area contributed by atoms with Crippen LogP contribution in [0.4, 0.5) is 0 Å². The smallest absolute Gasteiger partial charge is 0.219 e. The fourth-order valence-electron chi connectivity index (χ4n) is 2.98. The number of benzene rings is 1. The molecule has 3 rings (SSSR count). The van der Waals surface area contributed by atoms with Crippen molar-refractivity contribution in [2.75, 3.05) is 20.1 Å². The molecule has 0 unspecified atom stereocenters. The average Bonchev–Trinajstić information content (AvgIpc) is 2.97. The van der Waals surface area contributed by atoms with E-state index in [1.54, 1.807) is 11.8 Å². The van der Waals surface area contributed by atoms with E-state index in [2.05, 4.69) is 10.3 Å². The Kier molecular flexibility index (Phi) is 3.71. The van der Waals surface area contributed by atoms with E-state index in [1.165, 1.54) is 0 Å². The Hall–Kier alpha value is -2.56. The Morgan fingerprint density at radius 1 is 1.36 bits per heavy atom. The molecule has 1 aromatic carbocycles. The molecule has 0 atom stereocenters. The average molecular weight is 296 g/mol. The van der Waals surface area contributed by atoms with Gasteiger partial charge in [-0.2, -0.15) is 0 Å². The maximum Gasteiger partial charge on any atom is 0.219 e. The van der Waals surface area contributed by atoms with E-state index in [1.807, 2.05) is 37.5 Å². The van der Waals surface area contributed by atoms with Crippen LogP contribution in [0, 0.1) is 5.41 Å². The van der Waals surface area contributed by atoms with Gasteiger partial charge < -0.3 is 15.2 Å². The van der Waals surface area contributed by atoms with Gasteiger partial charge in [-0.15, -0.1) is 0 Å². The molecule has 0 spiro atoms. The summed E-state index contributed by atoms with van der Waals surface area (Å²) >= 11 is 0. The number of H-pyrrole nitrogens is 1. The van der Waals surface area contributed by atoms with Gasteiger partial charge in [-0.1, -0.05) is 18.2 Å². The van der Waals surface area contributed by atoms with E-state index in [-0.39, 0.29) is 5.91 Å². The first-order chi connectivity index (χ1) is 10.6. The molecule has 2 heterocycles. The monoisotopic (exact) mass is 296 g/mol. The van der Waals surface area contributed by atoms with Crippen molar-refractivity contribution in [3.05, 3.63) is 47.3 Å². The van der Waals surface area contributed by atoms with Crippen LogP contribution in [0.5, 0.6) is 0 Å². The number of aromatic amines is 1. The minimum absolute atomic E-state index is 0.0550. The highest BCUT2D eigenvalue weighted by Crippen LogP contribution is 2.24. The van der Waals surface area contributed by atoms with Gasteiger partial charge in [0.05, 0.1) is 5.71 Å². The SMILES string of the molecule is CNC1=C(C(=N)c2c[nH]c3ccccc23)CN(C(C)=O)CC1. The topological polar surface area (TPSA) is 72.0 Å². The number of nitrogens with zero attached hydrogens (tertiary/aromatic N) is 1. The van der Waals surface area contributed by atoms with Crippen LogP contribution in [-0.2, 0) is 4.79 Å². The van der Waals surface area contributed by atoms with Gasteiger partial charge in [0.1, 0.15) is 0 Å². The number of aromatic nitrogens is 1. The summed E-state index contributed by atoms with van der Waals surface area (Å²) in [5.41, 5.74) is 4.33. The summed E-state index contributed by atoms with van der Waals surface area (Å²) in [6.45, 7) is 2.78. The second kappa shape index (κ2) is 5.67. The van der Waals surface area contributed by atoms with Crippen molar-refractivity contribution in [3.8, 4) is 0 Å². The molecule has 0 fully saturated rings. The number of amides is 1. The van der Waals surface area contributed by atoms with Gasteiger partial charge in [-0.25, -0.2) is 0 Å². The van der Waals surface area contributed by atoms with E-state index in [4.69, 9.17) is 5.41 Å². The largest absolute Gasteiger partial charge is 0.391 e. The number of fused-ring (bicyclic) bond motifs is 1. The highest BCUT2D eigenvalue weighted by Gasteiger charge is 2.24. The second-order valence-electron chi connectivity index (χ2n) is 5.52. The second-order valence-corrected chi connectivity index (χ2v) is 5.52. The van der Waals surface area contributed by atoms with Crippen molar-refractivity contribution in [2.45, 2.75) is 13.3 Å². The van der Waals surface area contributed by atoms with E-state index < -0.39 is 0 Å². The van der Waals surface area contributed by atoms with Crippen LogP contribution in [0.3, 0.4) is 0 Å². The molecule has 0 aliphatic carbocycles. The van der Waals surface area contributed by atoms with Crippen LogP contribution < -0.4 is 5.32 Å². The van der Waals surface area contributed by atoms with Crippen LogP contribution in [-0.4, -0.2) is 41.6 Å². The van der Waals surface area contributed by atoms with Crippen molar-refractivity contribution in [1.29, 1.82) is 5.41 Å². The number of hydrogen-bond acceptors (Lipinski definition) is 3. The van der Waals surface area contributed by atoms with Gasteiger partial charge >= 0.3 is 0 Å². The third kappa shape index (κ3) is 2.39. The molecule has 1 aliphatic rings. The molecule has 5 heteroatoms. The van der Waals surface area contributed by atoms with Crippen LogP contribution in [0.1, 0.15) is 18.9 Å². The summed E-state index contributed by atoms with van der Waals surface area (Å²) in [5, 5.41) is 12.9. The lowest BCUT2D eigenvalue weighted by Crippen LogP contribution is -2.39. The zero-order valence-electron chi connectivity index (χ0n) is 12.9. The van der Waals surface area contributed by atoms with Crippen molar-refractivity contribution < 1.29 is 4.79 Å². The molecule has 1 aromatic heterocycles. The van der Waals surface area contributed by atoms with Crippen molar-refractivity contribution in [2.24, 2.45) is 0 Å². The summed E-state index contributed by atoms with van der Waals surface area (Å²) in [6.07, 6.45) is 2.64. The molecule has 114 valence electrons. The van der Waals surface area contributed by atoms with Crippen LogP contribution in [0.2, 0.25) is 0 Å². The van der Waals surface area contributed by atoms with Gasteiger partial charge in [0.15, 0.2) is 0 Å². The quantitative estimate of drug-likeness (QED) is 0.760. The van der Waals surface area contributed by atoms with E-state index in [0.29, 0.717) is 18.8 Å². The molecule has 22 heavy (non-hydrogen) atoms. The number of rotatable bonds is 3. The third-order valence-electron chi connectivity index (χ3n) is 4.25. The summed E-state index contributed by atoms with van der Waals surface area (Å²) in [7, 11) is 1.88. The highest BCUT2D eigenvalue weighted by molar-refractivity contribution is 6.18. The summed E-state index contributed by atoms with van der Waals surface area (Å²) in [4.78, 5) is 16.7. The number of hydrogen-bond donors (Lipinski definition) is 3. The molecular formula is C17H20N4O. The lowest BCUT2D eigenvalue weighted by Gasteiger charge is -2.30. The first-order valence-electron chi connectivity index (χ1n) is 7.42. The Morgan fingerprint density at radius 2 is 2.14 bits per heavy atom. The molecule has 1 aliphatic heterocycles. The first-order valence-corrected chi connectivity index (χ1v) is 7.42. The van der Waals surface area contributed by atoms with Crippen LogP contribution >= 0.6 is 0 Å². The van der Waals surface area contributed by atoms with Crippen molar-refractivity contribution >= 4 is 22.5 Å². The minimum Gasteiger partial charge on any atom is -0.391 e. The summed E-state index contributed by atoms with van der Waals surface area (Å²) in [5.74, 6) is 0.0550. The maximum absolute atomic E-state index is 11.7. The molecule has 3 N–H and O–H groups in total. The Morgan fingerprint density at radius 3 is 2.86 bits per heavy atom. The lowest BCUT2D eigenvalue weighted by atomic mass is 9.96. The van der Waals surface area contributed by atoms with Gasteiger partial charge in [0, 0.05) is 67.4 Å². The molecule has 0 saturated heterocycles.